The van der Waals surface area contributed by atoms with Crippen LogP contribution in [-0.2, 0) is 0 Å². The van der Waals surface area contributed by atoms with Crippen LogP contribution in [0.15, 0.2) is 60.0 Å². The number of hydrogen-bond donors (Lipinski definition) is 1. The molecule has 3 aromatic rings. The molecule has 0 radical (unpaired) electrons. The van der Waals surface area contributed by atoms with Gasteiger partial charge in [0.1, 0.15) is 11.9 Å². The van der Waals surface area contributed by atoms with Gasteiger partial charge in [-0.25, -0.2) is 0 Å². The third-order valence-corrected chi connectivity index (χ3v) is 4.44. The van der Waals surface area contributed by atoms with Crippen LogP contribution in [0, 0.1) is 0 Å². The number of rotatable bonds is 6. The Kier molecular flexibility index (Phi) is 5.92. The van der Waals surface area contributed by atoms with Crippen molar-refractivity contribution in [2.45, 2.75) is 12.5 Å². The number of thiophene rings is 1. The van der Waals surface area contributed by atoms with Crippen molar-refractivity contribution in [3.63, 3.8) is 0 Å². The minimum absolute atomic E-state index is 0. The van der Waals surface area contributed by atoms with Gasteiger partial charge in [-0.15, -0.1) is 11.3 Å². The van der Waals surface area contributed by atoms with E-state index in [4.69, 9.17) is 4.74 Å². The maximum absolute atomic E-state index is 6.34. The molecule has 0 aliphatic rings. The van der Waals surface area contributed by atoms with E-state index in [2.05, 4.69) is 59.2 Å². The van der Waals surface area contributed by atoms with Gasteiger partial charge in [0.15, 0.2) is 0 Å². The van der Waals surface area contributed by atoms with E-state index in [-0.39, 0.29) is 10.8 Å². The van der Waals surface area contributed by atoms with Gasteiger partial charge < -0.3 is 10.1 Å². The molecule has 2 aromatic carbocycles. The van der Waals surface area contributed by atoms with Crippen molar-refractivity contribution in [1.82, 2.24) is 5.32 Å². The van der Waals surface area contributed by atoms with Gasteiger partial charge in [0.05, 0.1) is 0 Å². The van der Waals surface area contributed by atoms with Crippen LogP contribution in [0.3, 0.4) is 0 Å². The highest BCUT2D eigenvalue weighted by molar-refractivity contribution is 7.17. The van der Waals surface area contributed by atoms with Gasteiger partial charge in [-0.3, -0.25) is 4.70 Å². The molecular formula is C18H20FNOS. The van der Waals surface area contributed by atoms with Crippen molar-refractivity contribution in [1.29, 1.82) is 0 Å². The summed E-state index contributed by atoms with van der Waals surface area (Å²) in [5, 5.41) is 6.52. The number of nitrogens with one attached hydrogen (secondary N) is 1. The summed E-state index contributed by atoms with van der Waals surface area (Å²) in [7, 11) is 1.97. The molecule has 116 valence electrons. The van der Waals surface area contributed by atoms with E-state index in [0.29, 0.717) is 0 Å². The molecule has 1 aromatic heterocycles. The number of halogens is 1. The zero-order valence-electron chi connectivity index (χ0n) is 12.5. The fourth-order valence-electron chi connectivity index (χ4n) is 2.46. The third-order valence-electron chi connectivity index (χ3n) is 3.55. The molecule has 0 aliphatic heterocycles. The lowest BCUT2D eigenvalue weighted by molar-refractivity contribution is 0.197. The van der Waals surface area contributed by atoms with Gasteiger partial charge in [-0.2, -0.15) is 0 Å². The summed E-state index contributed by atoms with van der Waals surface area (Å²) in [5.74, 6) is 0.971. The summed E-state index contributed by atoms with van der Waals surface area (Å²) < 4.78 is 7.61. The Morgan fingerprint density at radius 3 is 2.64 bits per heavy atom. The first-order chi connectivity index (χ1) is 10.4. The lowest BCUT2D eigenvalue weighted by Crippen LogP contribution is -2.16. The third kappa shape index (κ3) is 3.64. The Morgan fingerprint density at radius 1 is 1.05 bits per heavy atom. The van der Waals surface area contributed by atoms with Crippen LogP contribution in [0.5, 0.6) is 5.75 Å². The fourth-order valence-corrected chi connectivity index (χ4v) is 3.26. The molecule has 0 saturated carbocycles. The molecule has 0 aliphatic carbocycles. The normalized spacial score (nSPS) is 11.9. The molecule has 4 heteroatoms. The second kappa shape index (κ2) is 7.92. The van der Waals surface area contributed by atoms with Crippen LogP contribution in [-0.4, -0.2) is 13.6 Å². The Morgan fingerprint density at radius 2 is 1.86 bits per heavy atom. The highest BCUT2D eigenvalue weighted by atomic mass is 32.1. The molecule has 2 nitrogen and oxygen atoms in total. The summed E-state index contributed by atoms with van der Waals surface area (Å²) in [6, 6.07) is 18.8. The largest absolute Gasteiger partial charge is 0.485 e. The van der Waals surface area contributed by atoms with Crippen LogP contribution in [0.2, 0.25) is 0 Å². The Balaban J connectivity index is 0.00000176. The van der Waals surface area contributed by atoms with E-state index in [1.807, 2.05) is 13.1 Å². The number of ether oxygens (including phenoxy) is 1. The predicted octanol–water partition coefficient (Wildman–Crippen LogP) is 4.78. The van der Waals surface area contributed by atoms with Crippen LogP contribution >= 0.6 is 11.3 Å². The molecule has 0 bridgehead atoms. The number of benzene rings is 2. The molecule has 0 saturated heterocycles. The van der Waals surface area contributed by atoms with E-state index in [9.17, 15) is 0 Å². The Labute approximate surface area is 134 Å². The van der Waals surface area contributed by atoms with E-state index in [1.54, 1.807) is 11.3 Å². The minimum atomic E-state index is 0. The molecule has 1 atom stereocenters. The molecule has 1 N–H and O–H groups in total. The molecule has 1 unspecified atom stereocenters. The van der Waals surface area contributed by atoms with Crippen molar-refractivity contribution < 1.29 is 9.44 Å². The summed E-state index contributed by atoms with van der Waals surface area (Å²) in [4.78, 5) is 0. The summed E-state index contributed by atoms with van der Waals surface area (Å²) >= 11 is 1.75. The minimum Gasteiger partial charge on any atom is -0.485 e. The zero-order chi connectivity index (χ0) is 14.5. The van der Waals surface area contributed by atoms with Gasteiger partial charge >= 0.3 is 0 Å². The predicted molar refractivity (Wildman–Crippen MR) is 92.7 cm³/mol. The van der Waals surface area contributed by atoms with Gasteiger partial charge in [-0.1, -0.05) is 36.4 Å². The van der Waals surface area contributed by atoms with Crippen LogP contribution < -0.4 is 10.1 Å². The van der Waals surface area contributed by atoms with E-state index < -0.39 is 0 Å². The van der Waals surface area contributed by atoms with Crippen molar-refractivity contribution in [2.75, 3.05) is 13.6 Å². The fraction of sp³-hybridized carbons (Fsp3) is 0.222. The zero-order valence-corrected chi connectivity index (χ0v) is 13.3. The number of fused-ring (bicyclic) bond motifs is 1. The van der Waals surface area contributed by atoms with Crippen LogP contribution in [0.4, 0.5) is 4.70 Å². The lowest BCUT2D eigenvalue weighted by Gasteiger charge is -2.20. The van der Waals surface area contributed by atoms with Gasteiger partial charge in [0.2, 0.25) is 0 Å². The summed E-state index contributed by atoms with van der Waals surface area (Å²) in [5.41, 5.74) is 1.22. The Hall–Kier alpha value is -1.91. The van der Waals surface area contributed by atoms with E-state index in [1.165, 1.54) is 15.6 Å². The molecule has 0 fully saturated rings. The molecule has 1 heterocycles. The summed E-state index contributed by atoms with van der Waals surface area (Å²) in [6.07, 6.45) is 1.02. The van der Waals surface area contributed by atoms with Gasteiger partial charge in [-0.05, 0) is 42.7 Å². The highest BCUT2D eigenvalue weighted by Gasteiger charge is 2.14. The van der Waals surface area contributed by atoms with Crippen LogP contribution in [0.1, 0.15) is 18.1 Å². The standard InChI is InChI=1S/C18H19NOS.FH/c1-19-12-10-16(14-6-3-2-4-7-14)20-17-8-5-9-18-15(17)11-13-21-18;/h2-9,11,13,16,19H,10,12H2,1H3;1H. The molecular weight excluding hydrogens is 297 g/mol. The number of hydrogen-bond acceptors (Lipinski definition) is 3. The molecule has 0 amide bonds. The molecule has 0 spiro atoms. The van der Waals surface area contributed by atoms with Crippen molar-refractivity contribution in [3.05, 3.63) is 65.5 Å². The van der Waals surface area contributed by atoms with E-state index in [0.717, 1.165) is 18.7 Å². The highest BCUT2D eigenvalue weighted by Crippen LogP contribution is 2.33. The van der Waals surface area contributed by atoms with Gasteiger partial charge in [0.25, 0.3) is 0 Å². The van der Waals surface area contributed by atoms with Crippen LogP contribution in [0.25, 0.3) is 10.1 Å². The first kappa shape index (κ1) is 16.5. The maximum Gasteiger partial charge on any atom is 0.128 e. The first-order valence-corrected chi connectivity index (χ1v) is 8.09. The van der Waals surface area contributed by atoms with E-state index >= 15 is 0 Å². The average Bonchev–Trinajstić information content (AvgIpc) is 3.01. The van der Waals surface area contributed by atoms with Crippen molar-refractivity contribution >= 4 is 21.4 Å². The second-order valence-electron chi connectivity index (χ2n) is 5.00. The smallest absolute Gasteiger partial charge is 0.128 e. The quantitative estimate of drug-likeness (QED) is 0.706. The maximum atomic E-state index is 6.34. The van der Waals surface area contributed by atoms with Crippen molar-refractivity contribution in [3.8, 4) is 5.75 Å². The monoisotopic (exact) mass is 317 g/mol. The topological polar surface area (TPSA) is 21.3 Å². The SMILES string of the molecule is CNCCC(Oc1cccc2sccc12)c1ccccc1.F. The van der Waals surface area contributed by atoms with Gasteiger partial charge in [0, 0.05) is 16.5 Å². The Bertz CT molecular complexity index is 698. The first-order valence-electron chi connectivity index (χ1n) is 7.21. The average molecular weight is 317 g/mol. The molecule has 3 rings (SSSR count). The molecule has 22 heavy (non-hydrogen) atoms. The second-order valence-corrected chi connectivity index (χ2v) is 5.95. The van der Waals surface area contributed by atoms with Crippen molar-refractivity contribution in [2.24, 2.45) is 0 Å². The summed E-state index contributed by atoms with van der Waals surface area (Å²) in [6.45, 7) is 0.930. The lowest BCUT2D eigenvalue weighted by atomic mass is 10.1.